The topological polar surface area (TPSA) is 56.8 Å². The van der Waals surface area contributed by atoms with E-state index in [0.29, 0.717) is 6.54 Å². The van der Waals surface area contributed by atoms with Crippen molar-refractivity contribution < 1.29 is 9.84 Å². The number of aliphatic hydroxyl groups excluding tert-OH is 1. The number of hydrogen-bond donors (Lipinski definition) is 3. The minimum Gasteiger partial charge on any atom is -0.395 e. The van der Waals surface area contributed by atoms with Gasteiger partial charge in [0, 0.05) is 36.7 Å². The molecule has 0 saturated carbocycles. The van der Waals surface area contributed by atoms with Gasteiger partial charge in [0.15, 0.2) is 0 Å². The number of nitrogens with zero attached hydrogens (tertiary/aromatic N) is 1. The molecule has 2 aromatic rings. The summed E-state index contributed by atoms with van der Waals surface area (Å²) < 4.78 is 5.51. The average Bonchev–Trinajstić information content (AvgIpc) is 2.77. The molecule has 0 aromatic heterocycles. The Morgan fingerprint density at radius 2 is 2.03 bits per heavy atom. The number of fused-ring (bicyclic) bond motifs is 1. The summed E-state index contributed by atoms with van der Waals surface area (Å²) in [6.45, 7) is 12.9. The van der Waals surface area contributed by atoms with Crippen LogP contribution in [0.25, 0.3) is 5.70 Å². The Bertz CT molecular complexity index is 903. The van der Waals surface area contributed by atoms with Gasteiger partial charge in [-0.25, -0.2) is 0 Å². The first kappa shape index (κ1) is 20.8. The van der Waals surface area contributed by atoms with Crippen LogP contribution in [0.4, 0.5) is 11.4 Å². The van der Waals surface area contributed by atoms with Gasteiger partial charge in [0.05, 0.1) is 25.9 Å². The summed E-state index contributed by atoms with van der Waals surface area (Å²) in [6, 6.07) is 15.7. The zero-order valence-corrected chi connectivity index (χ0v) is 18.1. The second kappa shape index (κ2) is 8.70. The summed E-state index contributed by atoms with van der Waals surface area (Å²) in [4.78, 5) is 2.41. The second-order valence-electron chi connectivity index (χ2n) is 8.87. The predicted octanol–water partition coefficient (Wildman–Crippen LogP) is 3.91. The number of benzene rings is 2. The lowest BCUT2D eigenvalue weighted by atomic mass is 9.73. The molecule has 2 aliphatic heterocycles. The van der Waals surface area contributed by atoms with E-state index in [-0.39, 0.29) is 18.1 Å². The number of ether oxygens (including phenoxy) is 1. The third-order valence-electron chi connectivity index (χ3n) is 6.24. The molecule has 2 aromatic carbocycles. The molecular weight excluding hydrogens is 374 g/mol. The molecule has 4 rings (SSSR count). The average molecular weight is 408 g/mol. The van der Waals surface area contributed by atoms with Crippen molar-refractivity contribution in [1.82, 2.24) is 5.32 Å². The highest BCUT2D eigenvalue weighted by molar-refractivity contribution is 5.69. The summed E-state index contributed by atoms with van der Waals surface area (Å²) in [5.41, 5.74) is 7.07. The highest BCUT2D eigenvalue weighted by atomic mass is 16.5. The fourth-order valence-corrected chi connectivity index (χ4v) is 4.55. The molecule has 1 fully saturated rings. The number of aliphatic hydroxyl groups is 1. The van der Waals surface area contributed by atoms with Crippen molar-refractivity contribution in [2.24, 2.45) is 0 Å². The lowest BCUT2D eigenvalue weighted by molar-refractivity contribution is 0.122. The van der Waals surface area contributed by atoms with Crippen molar-refractivity contribution in [3.63, 3.8) is 0 Å². The van der Waals surface area contributed by atoms with Gasteiger partial charge in [-0.3, -0.25) is 0 Å². The Morgan fingerprint density at radius 1 is 1.23 bits per heavy atom. The van der Waals surface area contributed by atoms with E-state index in [1.807, 2.05) is 0 Å². The summed E-state index contributed by atoms with van der Waals surface area (Å²) in [5.74, 6) is 0. The van der Waals surface area contributed by atoms with E-state index >= 15 is 0 Å². The summed E-state index contributed by atoms with van der Waals surface area (Å²) in [5, 5.41) is 16.0. The molecule has 0 bridgehead atoms. The number of morpholine rings is 1. The van der Waals surface area contributed by atoms with E-state index in [0.717, 1.165) is 44.0 Å². The Kier molecular flexibility index (Phi) is 6.02. The molecule has 5 nitrogen and oxygen atoms in total. The maximum absolute atomic E-state index is 9.05. The fraction of sp³-hybridized carbons (Fsp3) is 0.440. The molecule has 30 heavy (non-hydrogen) atoms. The van der Waals surface area contributed by atoms with Crippen molar-refractivity contribution in [3.8, 4) is 0 Å². The molecule has 1 unspecified atom stereocenters. The van der Waals surface area contributed by atoms with Crippen molar-refractivity contribution in [2.45, 2.75) is 31.7 Å². The largest absolute Gasteiger partial charge is 0.395 e. The lowest BCUT2D eigenvalue weighted by Crippen LogP contribution is -2.36. The maximum Gasteiger partial charge on any atom is 0.0642 e. The van der Waals surface area contributed by atoms with Gasteiger partial charge in [0.2, 0.25) is 0 Å². The van der Waals surface area contributed by atoms with E-state index in [4.69, 9.17) is 9.84 Å². The molecule has 160 valence electrons. The van der Waals surface area contributed by atoms with Gasteiger partial charge in [0.1, 0.15) is 0 Å². The van der Waals surface area contributed by atoms with Gasteiger partial charge < -0.3 is 25.4 Å². The molecule has 1 atom stereocenters. The monoisotopic (exact) mass is 407 g/mol. The van der Waals surface area contributed by atoms with E-state index in [2.05, 4.69) is 78.4 Å². The standard InChI is InChI=1S/C25H33N3O2/c1-18(26-9-12-29)19-7-8-23-22(16-19)25(2,3)17-24(27-23)20-5-4-6-21(15-20)28-10-13-30-14-11-28/h4-8,15-16,24,26-27,29H,1,9-14,17H2,2-3H3. The molecule has 0 radical (unpaired) electrons. The summed E-state index contributed by atoms with van der Waals surface area (Å²) in [7, 11) is 0. The van der Waals surface area contributed by atoms with Gasteiger partial charge in [0.25, 0.3) is 0 Å². The molecule has 1 saturated heterocycles. The van der Waals surface area contributed by atoms with Gasteiger partial charge in [-0.15, -0.1) is 0 Å². The van der Waals surface area contributed by atoms with E-state index in [1.165, 1.54) is 22.5 Å². The normalized spacial score (nSPS) is 20.2. The Labute approximate surface area is 179 Å². The number of anilines is 2. The van der Waals surface area contributed by atoms with Gasteiger partial charge in [-0.1, -0.05) is 38.6 Å². The fourth-order valence-electron chi connectivity index (χ4n) is 4.55. The smallest absolute Gasteiger partial charge is 0.0642 e. The summed E-state index contributed by atoms with van der Waals surface area (Å²) in [6.07, 6.45) is 1.02. The molecule has 0 spiro atoms. The van der Waals surface area contributed by atoms with Crippen LogP contribution in [0, 0.1) is 0 Å². The number of rotatable bonds is 6. The maximum atomic E-state index is 9.05. The molecule has 2 aliphatic rings. The van der Waals surface area contributed by atoms with Gasteiger partial charge in [-0.05, 0) is 52.8 Å². The van der Waals surface area contributed by atoms with Crippen LogP contribution >= 0.6 is 0 Å². The number of nitrogens with one attached hydrogen (secondary N) is 2. The molecule has 0 aliphatic carbocycles. The van der Waals surface area contributed by atoms with Crippen molar-refractivity contribution in [3.05, 3.63) is 65.7 Å². The zero-order chi connectivity index (χ0) is 21.1. The lowest BCUT2D eigenvalue weighted by Gasteiger charge is -2.39. The minimum absolute atomic E-state index is 0.0352. The minimum atomic E-state index is 0.0352. The third kappa shape index (κ3) is 4.32. The van der Waals surface area contributed by atoms with Crippen LogP contribution in [0.5, 0.6) is 0 Å². The Hall–Kier alpha value is -2.50. The highest BCUT2D eigenvalue weighted by Crippen LogP contribution is 2.45. The van der Waals surface area contributed by atoms with Crippen molar-refractivity contribution in [1.29, 1.82) is 0 Å². The highest BCUT2D eigenvalue weighted by Gasteiger charge is 2.34. The van der Waals surface area contributed by atoms with Crippen LogP contribution in [-0.4, -0.2) is 44.6 Å². The Morgan fingerprint density at radius 3 is 2.80 bits per heavy atom. The van der Waals surface area contributed by atoms with Crippen molar-refractivity contribution in [2.75, 3.05) is 49.7 Å². The Balaban J connectivity index is 1.57. The molecule has 2 heterocycles. The quantitative estimate of drug-likeness (QED) is 0.678. The molecular formula is C25H33N3O2. The van der Waals surface area contributed by atoms with E-state index in [1.54, 1.807) is 0 Å². The molecule has 3 N–H and O–H groups in total. The van der Waals surface area contributed by atoms with Crippen LogP contribution in [0.15, 0.2) is 49.0 Å². The van der Waals surface area contributed by atoms with Crippen LogP contribution in [0.1, 0.15) is 43.0 Å². The van der Waals surface area contributed by atoms with Crippen LogP contribution < -0.4 is 15.5 Å². The number of hydrogen-bond acceptors (Lipinski definition) is 5. The van der Waals surface area contributed by atoms with Crippen LogP contribution in [0.3, 0.4) is 0 Å². The van der Waals surface area contributed by atoms with E-state index < -0.39 is 0 Å². The van der Waals surface area contributed by atoms with E-state index in [9.17, 15) is 0 Å². The molecule has 5 heteroatoms. The first-order chi connectivity index (χ1) is 14.5. The second-order valence-corrected chi connectivity index (χ2v) is 8.87. The van der Waals surface area contributed by atoms with Gasteiger partial charge >= 0.3 is 0 Å². The first-order valence-corrected chi connectivity index (χ1v) is 10.9. The SMILES string of the molecule is C=C(NCCO)c1ccc2c(c1)C(C)(C)CC(c1cccc(N3CCOCC3)c1)N2. The molecule has 0 amide bonds. The third-order valence-corrected chi connectivity index (χ3v) is 6.24. The zero-order valence-electron chi connectivity index (χ0n) is 18.1. The predicted molar refractivity (Wildman–Crippen MR) is 124 cm³/mol. The van der Waals surface area contributed by atoms with Crippen LogP contribution in [0.2, 0.25) is 0 Å². The van der Waals surface area contributed by atoms with Crippen LogP contribution in [-0.2, 0) is 10.2 Å². The first-order valence-electron chi connectivity index (χ1n) is 10.9. The summed E-state index contributed by atoms with van der Waals surface area (Å²) >= 11 is 0. The van der Waals surface area contributed by atoms with Crippen molar-refractivity contribution >= 4 is 17.1 Å². The van der Waals surface area contributed by atoms with Gasteiger partial charge in [-0.2, -0.15) is 0 Å².